The van der Waals surface area contributed by atoms with Gasteiger partial charge in [0.1, 0.15) is 5.60 Å². The molecule has 1 N–H and O–H groups in total. The quantitative estimate of drug-likeness (QED) is 0.446. The molecule has 0 spiro atoms. The Bertz CT molecular complexity index is 224. The lowest BCUT2D eigenvalue weighted by Gasteiger charge is -2.49. The number of hydrogen-bond acceptors (Lipinski definition) is 1. The molecule has 0 aliphatic heterocycles. The van der Waals surface area contributed by atoms with Crippen LogP contribution in [0.5, 0.6) is 0 Å². The van der Waals surface area contributed by atoms with E-state index in [2.05, 4.69) is 5.92 Å². The lowest BCUT2D eigenvalue weighted by atomic mass is 9.58. The van der Waals surface area contributed by atoms with Gasteiger partial charge in [-0.05, 0) is 19.8 Å². The van der Waals surface area contributed by atoms with Crippen LogP contribution in [0.2, 0.25) is 0 Å². The summed E-state index contributed by atoms with van der Waals surface area (Å²) in [5, 5.41) is 9.78. The van der Waals surface area contributed by atoms with Gasteiger partial charge in [0.25, 0.3) is 0 Å². The fourth-order valence-electron chi connectivity index (χ4n) is 1.58. The van der Waals surface area contributed by atoms with Gasteiger partial charge < -0.3 is 5.11 Å². The highest BCUT2D eigenvalue weighted by atomic mass is 16.3. The number of terminal acetylenes is 1. The van der Waals surface area contributed by atoms with Crippen molar-refractivity contribution in [2.24, 2.45) is 5.41 Å². The number of aliphatic hydroxyl groups is 1. The SMILES string of the molecule is C#C[C@@]1(O)CC[C@@]1(C)/C=C/C. The summed E-state index contributed by atoms with van der Waals surface area (Å²) in [6.45, 7) is 3.94. The molecule has 0 unspecified atom stereocenters. The molecule has 0 bridgehead atoms. The third-order valence-electron chi connectivity index (χ3n) is 2.72. The maximum atomic E-state index is 9.78. The fraction of sp³-hybridized carbons (Fsp3) is 0.600. The molecule has 0 aromatic rings. The Balaban J connectivity index is 2.84. The topological polar surface area (TPSA) is 20.2 Å². The van der Waals surface area contributed by atoms with E-state index in [4.69, 9.17) is 6.42 Å². The summed E-state index contributed by atoms with van der Waals surface area (Å²) in [5.41, 5.74) is -1.07. The van der Waals surface area contributed by atoms with Crippen LogP contribution >= 0.6 is 0 Å². The Morgan fingerprint density at radius 1 is 1.55 bits per heavy atom. The Hall–Kier alpha value is -0.740. The smallest absolute Gasteiger partial charge is 0.133 e. The number of allylic oxidation sites excluding steroid dienone is 1. The Morgan fingerprint density at radius 3 is 2.45 bits per heavy atom. The first-order chi connectivity index (χ1) is 5.08. The summed E-state index contributed by atoms with van der Waals surface area (Å²) < 4.78 is 0. The van der Waals surface area contributed by atoms with Crippen LogP contribution < -0.4 is 0 Å². The minimum atomic E-state index is -0.889. The molecule has 1 saturated carbocycles. The number of rotatable bonds is 1. The molecular formula is C10H14O. The van der Waals surface area contributed by atoms with Gasteiger partial charge in [0.05, 0.1) is 0 Å². The molecule has 1 fully saturated rings. The number of hydrogen-bond donors (Lipinski definition) is 1. The largest absolute Gasteiger partial charge is 0.377 e. The predicted molar refractivity (Wildman–Crippen MR) is 45.9 cm³/mol. The van der Waals surface area contributed by atoms with Crippen molar-refractivity contribution in [3.63, 3.8) is 0 Å². The van der Waals surface area contributed by atoms with Crippen molar-refractivity contribution >= 4 is 0 Å². The summed E-state index contributed by atoms with van der Waals surface area (Å²) in [7, 11) is 0. The van der Waals surface area contributed by atoms with Gasteiger partial charge in [-0.3, -0.25) is 0 Å². The van der Waals surface area contributed by atoms with Crippen LogP contribution in [0.25, 0.3) is 0 Å². The van der Waals surface area contributed by atoms with E-state index in [1.54, 1.807) is 0 Å². The normalized spacial score (nSPS) is 43.5. The second-order valence-electron chi connectivity index (χ2n) is 3.42. The van der Waals surface area contributed by atoms with E-state index in [0.29, 0.717) is 0 Å². The molecule has 2 atom stereocenters. The third kappa shape index (κ3) is 0.985. The molecular weight excluding hydrogens is 136 g/mol. The first kappa shape index (κ1) is 8.36. The zero-order valence-corrected chi connectivity index (χ0v) is 7.09. The van der Waals surface area contributed by atoms with Gasteiger partial charge in [-0.1, -0.05) is 25.0 Å². The minimum absolute atomic E-state index is 0.184. The van der Waals surface area contributed by atoms with Crippen LogP contribution in [0.4, 0.5) is 0 Å². The van der Waals surface area contributed by atoms with Crippen LogP contribution in [0.15, 0.2) is 12.2 Å². The van der Waals surface area contributed by atoms with Crippen molar-refractivity contribution < 1.29 is 5.11 Å². The van der Waals surface area contributed by atoms with Crippen LogP contribution in [-0.4, -0.2) is 10.7 Å². The van der Waals surface area contributed by atoms with Crippen LogP contribution in [0.1, 0.15) is 26.7 Å². The molecule has 1 rings (SSSR count). The van der Waals surface area contributed by atoms with E-state index in [-0.39, 0.29) is 5.41 Å². The van der Waals surface area contributed by atoms with Crippen molar-refractivity contribution in [3.8, 4) is 12.3 Å². The standard InChI is InChI=1S/C10H14O/c1-4-6-9(3)7-8-10(9,11)5-2/h2,4,6,11H,7-8H2,1,3H3/b6-4+/t9-,10-/m1/s1. The van der Waals surface area contributed by atoms with Crippen molar-refractivity contribution in [2.75, 3.05) is 0 Å². The van der Waals surface area contributed by atoms with Gasteiger partial charge >= 0.3 is 0 Å². The molecule has 1 heteroatoms. The maximum Gasteiger partial charge on any atom is 0.133 e. The van der Waals surface area contributed by atoms with E-state index >= 15 is 0 Å². The van der Waals surface area contributed by atoms with Gasteiger partial charge in [0.15, 0.2) is 0 Å². The molecule has 1 aliphatic carbocycles. The summed E-state index contributed by atoms with van der Waals surface area (Å²) in [6.07, 6.45) is 10.9. The average molecular weight is 150 g/mol. The summed E-state index contributed by atoms with van der Waals surface area (Å²) in [6, 6.07) is 0. The Kier molecular flexibility index (Phi) is 1.82. The zero-order valence-electron chi connectivity index (χ0n) is 7.09. The fourth-order valence-corrected chi connectivity index (χ4v) is 1.58. The van der Waals surface area contributed by atoms with Crippen LogP contribution in [0.3, 0.4) is 0 Å². The van der Waals surface area contributed by atoms with Crippen molar-refractivity contribution in [3.05, 3.63) is 12.2 Å². The van der Waals surface area contributed by atoms with Crippen molar-refractivity contribution in [2.45, 2.75) is 32.3 Å². The van der Waals surface area contributed by atoms with E-state index in [0.717, 1.165) is 12.8 Å². The van der Waals surface area contributed by atoms with Crippen LogP contribution in [-0.2, 0) is 0 Å². The Morgan fingerprint density at radius 2 is 2.18 bits per heavy atom. The van der Waals surface area contributed by atoms with Gasteiger partial charge in [-0.25, -0.2) is 0 Å². The van der Waals surface area contributed by atoms with Crippen LogP contribution in [0, 0.1) is 17.8 Å². The monoisotopic (exact) mass is 150 g/mol. The third-order valence-corrected chi connectivity index (χ3v) is 2.72. The van der Waals surface area contributed by atoms with Gasteiger partial charge in [0, 0.05) is 5.41 Å². The first-order valence-corrected chi connectivity index (χ1v) is 3.92. The zero-order chi connectivity index (χ0) is 8.54. The molecule has 0 radical (unpaired) electrons. The van der Waals surface area contributed by atoms with Gasteiger partial charge in [-0.2, -0.15) is 0 Å². The van der Waals surface area contributed by atoms with E-state index in [1.807, 2.05) is 26.0 Å². The highest BCUT2D eigenvalue weighted by Gasteiger charge is 2.52. The lowest BCUT2D eigenvalue weighted by Crippen LogP contribution is -2.53. The molecule has 1 aliphatic rings. The molecule has 11 heavy (non-hydrogen) atoms. The molecule has 0 amide bonds. The molecule has 0 aromatic carbocycles. The van der Waals surface area contributed by atoms with Crippen molar-refractivity contribution in [1.82, 2.24) is 0 Å². The second kappa shape index (κ2) is 2.39. The predicted octanol–water partition coefficient (Wildman–Crippen LogP) is 1.73. The lowest BCUT2D eigenvalue weighted by molar-refractivity contribution is -0.0817. The second-order valence-corrected chi connectivity index (χ2v) is 3.42. The summed E-state index contributed by atoms with van der Waals surface area (Å²) in [4.78, 5) is 0. The van der Waals surface area contributed by atoms with Gasteiger partial charge in [-0.15, -0.1) is 6.42 Å². The van der Waals surface area contributed by atoms with Crippen molar-refractivity contribution in [1.29, 1.82) is 0 Å². The molecule has 60 valence electrons. The maximum absolute atomic E-state index is 9.78. The van der Waals surface area contributed by atoms with E-state index in [1.165, 1.54) is 0 Å². The average Bonchev–Trinajstić information content (AvgIpc) is 2.01. The van der Waals surface area contributed by atoms with E-state index < -0.39 is 5.60 Å². The molecule has 0 aromatic heterocycles. The minimum Gasteiger partial charge on any atom is -0.377 e. The summed E-state index contributed by atoms with van der Waals surface area (Å²) >= 11 is 0. The first-order valence-electron chi connectivity index (χ1n) is 3.92. The highest BCUT2D eigenvalue weighted by Crippen LogP contribution is 2.50. The Labute approximate surface area is 68.1 Å². The van der Waals surface area contributed by atoms with Gasteiger partial charge in [0.2, 0.25) is 0 Å². The van der Waals surface area contributed by atoms with E-state index in [9.17, 15) is 5.11 Å². The molecule has 0 saturated heterocycles. The molecule has 1 nitrogen and oxygen atoms in total. The summed E-state index contributed by atoms with van der Waals surface area (Å²) in [5.74, 6) is 2.46. The molecule has 0 heterocycles. The highest BCUT2D eigenvalue weighted by molar-refractivity contribution is 5.27.